The number of aryl methyl sites for hydroxylation is 1. The lowest BCUT2D eigenvalue weighted by molar-refractivity contribution is 0.414. The van der Waals surface area contributed by atoms with E-state index in [1.54, 1.807) is 25.6 Å². The molecule has 2 heterocycles. The van der Waals surface area contributed by atoms with Gasteiger partial charge in [0.2, 0.25) is 10.0 Å². The number of hydrogen-bond donors (Lipinski definition) is 0. The van der Waals surface area contributed by atoms with E-state index in [0.29, 0.717) is 11.3 Å². The van der Waals surface area contributed by atoms with Crippen LogP contribution < -0.4 is 4.74 Å². The van der Waals surface area contributed by atoms with Crippen molar-refractivity contribution in [3.63, 3.8) is 0 Å². The lowest BCUT2D eigenvalue weighted by Crippen LogP contribution is -2.22. The summed E-state index contributed by atoms with van der Waals surface area (Å²) in [7, 11) is 1.15. The first-order valence-electron chi connectivity index (χ1n) is 10.4. The molecular weight excluding hydrogens is 460 g/mol. The van der Waals surface area contributed by atoms with Gasteiger partial charge in [0.25, 0.3) is 0 Å². The molecule has 0 spiro atoms. The summed E-state index contributed by atoms with van der Waals surface area (Å²) in [4.78, 5) is 5.01. The zero-order chi connectivity index (χ0) is 23.6. The van der Waals surface area contributed by atoms with E-state index in [1.165, 1.54) is 30.2 Å². The number of aromatic nitrogens is 5. The first-order chi connectivity index (χ1) is 15.8. The summed E-state index contributed by atoms with van der Waals surface area (Å²) in [5.74, 6) is 2.18. The molecule has 2 aromatic heterocycles. The molecule has 0 amide bonds. The van der Waals surface area contributed by atoms with Gasteiger partial charge in [-0.05, 0) is 36.8 Å². The predicted octanol–water partition coefficient (Wildman–Crippen LogP) is 3.58. The van der Waals surface area contributed by atoms with Crippen LogP contribution in [0.2, 0.25) is 0 Å². The van der Waals surface area contributed by atoms with Gasteiger partial charge >= 0.3 is 0 Å². The summed E-state index contributed by atoms with van der Waals surface area (Å²) in [6.45, 7) is 2.89. The van der Waals surface area contributed by atoms with E-state index < -0.39 is 10.0 Å². The van der Waals surface area contributed by atoms with Crippen LogP contribution in [-0.4, -0.2) is 58.2 Å². The van der Waals surface area contributed by atoms with Gasteiger partial charge in [0.05, 0.1) is 34.5 Å². The van der Waals surface area contributed by atoms with Gasteiger partial charge in [-0.25, -0.2) is 17.7 Å². The van der Waals surface area contributed by atoms with Crippen LogP contribution in [0.1, 0.15) is 19.2 Å². The van der Waals surface area contributed by atoms with E-state index >= 15 is 0 Å². The van der Waals surface area contributed by atoms with Gasteiger partial charge in [-0.2, -0.15) is 0 Å². The van der Waals surface area contributed by atoms with Gasteiger partial charge in [-0.1, -0.05) is 24.8 Å². The van der Waals surface area contributed by atoms with Crippen LogP contribution in [0, 0.1) is 0 Å². The maximum atomic E-state index is 12.6. The van der Waals surface area contributed by atoms with Crippen LogP contribution in [0.3, 0.4) is 0 Å². The summed E-state index contributed by atoms with van der Waals surface area (Å²) < 4.78 is 35.7. The van der Waals surface area contributed by atoms with Gasteiger partial charge in [-0.15, -0.1) is 10.2 Å². The summed E-state index contributed by atoms with van der Waals surface area (Å²) >= 11 is 1.52. The van der Waals surface area contributed by atoms with Crippen LogP contribution in [-0.2, 0) is 22.3 Å². The van der Waals surface area contributed by atoms with Crippen molar-refractivity contribution in [3.8, 4) is 11.4 Å². The Morgan fingerprint density at radius 2 is 1.97 bits per heavy atom. The second-order valence-corrected chi connectivity index (χ2v) is 10.7. The number of rotatable bonds is 9. The SMILES string of the molecule is CCCn1c(CSc2nncn2-c2cccc(OC)c2)nc2cc(S(=O)(=O)N(C)C)ccc21. The molecule has 0 unspecified atom stereocenters. The number of benzene rings is 2. The van der Waals surface area contributed by atoms with Gasteiger partial charge in [0, 0.05) is 26.7 Å². The van der Waals surface area contributed by atoms with Crippen LogP contribution in [0.25, 0.3) is 16.7 Å². The van der Waals surface area contributed by atoms with Crippen molar-refractivity contribution in [2.75, 3.05) is 21.2 Å². The zero-order valence-electron chi connectivity index (χ0n) is 19.0. The Morgan fingerprint density at radius 3 is 2.70 bits per heavy atom. The van der Waals surface area contributed by atoms with Gasteiger partial charge in [0.15, 0.2) is 5.16 Å². The van der Waals surface area contributed by atoms with Crippen molar-refractivity contribution in [1.29, 1.82) is 0 Å². The van der Waals surface area contributed by atoms with Crippen LogP contribution in [0.4, 0.5) is 0 Å². The van der Waals surface area contributed by atoms with Crippen LogP contribution in [0.5, 0.6) is 5.75 Å². The van der Waals surface area contributed by atoms with E-state index in [4.69, 9.17) is 9.72 Å². The van der Waals surface area contributed by atoms with Gasteiger partial charge in [-0.3, -0.25) is 4.57 Å². The summed E-state index contributed by atoms with van der Waals surface area (Å²) in [6.07, 6.45) is 2.60. The maximum absolute atomic E-state index is 12.6. The predicted molar refractivity (Wildman–Crippen MR) is 128 cm³/mol. The van der Waals surface area contributed by atoms with Crippen molar-refractivity contribution in [2.24, 2.45) is 0 Å². The fourth-order valence-electron chi connectivity index (χ4n) is 3.50. The number of hydrogen-bond acceptors (Lipinski definition) is 7. The highest BCUT2D eigenvalue weighted by Gasteiger charge is 2.20. The third-order valence-corrected chi connectivity index (χ3v) is 7.95. The summed E-state index contributed by atoms with van der Waals surface area (Å²) in [5, 5.41) is 9.08. The molecule has 0 radical (unpaired) electrons. The fraction of sp³-hybridized carbons (Fsp3) is 0.318. The van der Waals surface area contributed by atoms with Crippen molar-refractivity contribution >= 4 is 32.8 Å². The largest absolute Gasteiger partial charge is 0.497 e. The minimum absolute atomic E-state index is 0.234. The molecule has 0 aliphatic carbocycles. The highest BCUT2D eigenvalue weighted by atomic mass is 32.2. The third kappa shape index (κ3) is 4.61. The highest BCUT2D eigenvalue weighted by molar-refractivity contribution is 7.98. The lowest BCUT2D eigenvalue weighted by Gasteiger charge is -2.11. The molecule has 9 nitrogen and oxygen atoms in total. The Kier molecular flexibility index (Phi) is 6.73. The molecule has 2 aromatic carbocycles. The normalized spacial score (nSPS) is 12.0. The molecule has 11 heteroatoms. The van der Waals surface area contributed by atoms with Crippen LogP contribution in [0.15, 0.2) is 58.8 Å². The summed E-state index contributed by atoms with van der Waals surface area (Å²) in [6, 6.07) is 12.8. The van der Waals surface area contributed by atoms with Gasteiger partial charge < -0.3 is 9.30 Å². The van der Waals surface area contributed by atoms with Gasteiger partial charge in [0.1, 0.15) is 17.9 Å². The standard InChI is InChI=1S/C22H26N6O3S2/c1-5-11-27-20-10-9-18(33(29,30)26(2)3)13-19(20)24-21(27)14-32-22-25-23-15-28(22)16-7-6-8-17(12-16)31-4/h6-10,12-13,15H,5,11,14H2,1-4H3. The van der Waals surface area contributed by atoms with E-state index in [2.05, 4.69) is 21.7 Å². The van der Waals surface area contributed by atoms with Crippen molar-refractivity contribution < 1.29 is 13.2 Å². The number of ether oxygens (including phenoxy) is 1. The number of nitrogens with zero attached hydrogens (tertiary/aromatic N) is 6. The Hall–Kier alpha value is -2.89. The van der Waals surface area contributed by atoms with Crippen molar-refractivity contribution in [3.05, 3.63) is 54.6 Å². The second kappa shape index (κ2) is 9.54. The molecule has 0 bridgehead atoms. The smallest absolute Gasteiger partial charge is 0.242 e. The van der Waals surface area contributed by atoms with E-state index in [9.17, 15) is 8.42 Å². The Labute approximate surface area is 197 Å². The number of thioether (sulfide) groups is 1. The minimum Gasteiger partial charge on any atom is -0.497 e. The zero-order valence-corrected chi connectivity index (χ0v) is 20.6. The maximum Gasteiger partial charge on any atom is 0.242 e. The Balaban J connectivity index is 1.65. The second-order valence-electron chi connectivity index (χ2n) is 7.59. The molecule has 0 saturated heterocycles. The van der Waals surface area contributed by atoms with E-state index in [1.807, 2.05) is 34.9 Å². The lowest BCUT2D eigenvalue weighted by atomic mass is 10.3. The number of sulfonamides is 1. The molecule has 0 atom stereocenters. The molecular formula is C22H26N6O3S2. The number of fused-ring (bicyclic) bond motifs is 1. The average Bonchev–Trinajstić information content (AvgIpc) is 3.42. The molecule has 0 aliphatic rings. The van der Waals surface area contributed by atoms with Crippen LogP contribution >= 0.6 is 11.8 Å². The molecule has 0 saturated carbocycles. The molecule has 4 aromatic rings. The number of imidazole rings is 1. The topological polar surface area (TPSA) is 95.1 Å². The first-order valence-corrected chi connectivity index (χ1v) is 12.9. The molecule has 0 aliphatic heterocycles. The van der Waals surface area contributed by atoms with E-state index in [0.717, 1.165) is 40.9 Å². The summed E-state index contributed by atoms with van der Waals surface area (Å²) in [5.41, 5.74) is 2.48. The molecule has 0 fully saturated rings. The minimum atomic E-state index is -3.53. The Bertz CT molecular complexity index is 1380. The fourth-order valence-corrected chi connectivity index (χ4v) is 5.30. The average molecular weight is 487 g/mol. The van der Waals surface area contributed by atoms with Crippen molar-refractivity contribution in [1.82, 2.24) is 28.6 Å². The molecule has 4 rings (SSSR count). The highest BCUT2D eigenvalue weighted by Crippen LogP contribution is 2.28. The quantitative estimate of drug-likeness (QED) is 0.334. The van der Waals surface area contributed by atoms with Crippen molar-refractivity contribution in [2.45, 2.75) is 35.7 Å². The van der Waals surface area contributed by atoms with E-state index in [-0.39, 0.29) is 4.90 Å². The molecule has 174 valence electrons. The molecule has 33 heavy (non-hydrogen) atoms. The Morgan fingerprint density at radius 1 is 1.15 bits per heavy atom. The number of methoxy groups -OCH3 is 1. The first kappa shape index (κ1) is 23.3. The molecule has 0 N–H and O–H groups in total. The third-order valence-electron chi connectivity index (χ3n) is 5.20. The monoisotopic (exact) mass is 486 g/mol.